The smallest absolute Gasteiger partial charge is 0.234 e. The Kier molecular flexibility index (Phi) is 5.86. The van der Waals surface area contributed by atoms with Gasteiger partial charge >= 0.3 is 0 Å². The van der Waals surface area contributed by atoms with E-state index in [0.717, 1.165) is 5.75 Å². The third-order valence-corrected chi connectivity index (χ3v) is 4.22. The van der Waals surface area contributed by atoms with Crippen molar-refractivity contribution in [1.29, 1.82) is 0 Å². The molecule has 0 bridgehead atoms. The van der Waals surface area contributed by atoms with Crippen LogP contribution in [0.5, 0.6) is 0 Å². The minimum atomic E-state index is -0.489. The van der Waals surface area contributed by atoms with E-state index in [1.54, 1.807) is 0 Å². The summed E-state index contributed by atoms with van der Waals surface area (Å²) in [5.41, 5.74) is 3.72. The molecule has 2 aromatic carbocycles. The number of thioether (sulfide) groups is 1. The van der Waals surface area contributed by atoms with Crippen LogP contribution in [0.25, 0.3) is 0 Å². The SMILES string of the molecule is Cc1cc(C)cc(CSCC(=O)Nc2cc(Cl)ccc2F)c1. The first kappa shape index (κ1) is 16.8. The molecule has 0 spiro atoms. The number of nitrogens with one attached hydrogen (secondary N) is 1. The Labute approximate surface area is 139 Å². The van der Waals surface area contributed by atoms with Gasteiger partial charge in [0.05, 0.1) is 11.4 Å². The highest BCUT2D eigenvalue weighted by Crippen LogP contribution is 2.20. The number of anilines is 1. The highest BCUT2D eigenvalue weighted by Gasteiger charge is 2.08. The fourth-order valence-electron chi connectivity index (χ4n) is 2.19. The molecule has 2 nitrogen and oxygen atoms in total. The van der Waals surface area contributed by atoms with Gasteiger partial charge in [0.1, 0.15) is 5.82 Å². The monoisotopic (exact) mass is 337 g/mol. The summed E-state index contributed by atoms with van der Waals surface area (Å²) in [5, 5.41) is 2.93. The van der Waals surface area contributed by atoms with Crippen LogP contribution in [-0.2, 0) is 10.5 Å². The molecule has 0 heterocycles. The maximum Gasteiger partial charge on any atom is 0.234 e. The summed E-state index contributed by atoms with van der Waals surface area (Å²) in [6, 6.07) is 10.4. The van der Waals surface area contributed by atoms with Crippen LogP contribution in [-0.4, -0.2) is 11.7 Å². The average molecular weight is 338 g/mol. The fourth-order valence-corrected chi connectivity index (χ4v) is 3.13. The molecule has 0 radical (unpaired) electrons. The number of amides is 1. The Morgan fingerprint density at radius 1 is 1.18 bits per heavy atom. The summed E-state index contributed by atoms with van der Waals surface area (Å²) in [6.45, 7) is 4.10. The van der Waals surface area contributed by atoms with Crippen LogP contribution >= 0.6 is 23.4 Å². The summed E-state index contributed by atoms with van der Waals surface area (Å²) < 4.78 is 13.5. The first-order chi connectivity index (χ1) is 10.4. The van der Waals surface area contributed by atoms with Gasteiger partial charge in [-0.15, -0.1) is 11.8 Å². The quantitative estimate of drug-likeness (QED) is 0.834. The lowest BCUT2D eigenvalue weighted by Gasteiger charge is -2.08. The van der Waals surface area contributed by atoms with E-state index in [9.17, 15) is 9.18 Å². The van der Waals surface area contributed by atoms with Crippen molar-refractivity contribution in [2.45, 2.75) is 19.6 Å². The molecule has 1 amide bonds. The van der Waals surface area contributed by atoms with E-state index in [1.807, 2.05) is 0 Å². The lowest BCUT2D eigenvalue weighted by Crippen LogP contribution is -2.15. The molecule has 0 aliphatic heterocycles. The Balaban J connectivity index is 1.86. The fraction of sp³-hybridized carbons (Fsp3) is 0.235. The largest absolute Gasteiger partial charge is 0.323 e. The van der Waals surface area contributed by atoms with Gasteiger partial charge < -0.3 is 5.32 Å². The van der Waals surface area contributed by atoms with Gasteiger partial charge in [0.25, 0.3) is 0 Å². The molecule has 0 atom stereocenters. The minimum Gasteiger partial charge on any atom is -0.323 e. The second-order valence-corrected chi connectivity index (χ2v) is 6.58. The average Bonchev–Trinajstić information content (AvgIpc) is 2.42. The van der Waals surface area contributed by atoms with Crippen molar-refractivity contribution in [3.05, 3.63) is 63.9 Å². The number of carbonyl (C=O) groups is 1. The molecule has 0 unspecified atom stereocenters. The lowest BCUT2D eigenvalue weighted by atomic mass is 10.1. The summed E-state index contributed by atoms with van der Waals surface area (Å²) in [6.07, 6.45) is 0. The first-order valence-electron chi connectivity index (χ1n) is 6.84. The molecular formula is C17H17ClFNOS. The van der Waals surface area contributed by atoms with E-state index in [4.69, 9.17) is 11.6 Å². The first-order valence-corrected chi connectivity index (χ1v) is 8.37. The van der Waals surface area contributed by atoms with E-state index in [-0.39, 0.29) is 17.3 Å². The highest BCUT2D eigenvalue weighted by atomic mass is 35.5. The van der Waals surface area contributed by atoms with Crippen molar-refractivity contribution in [3.8, 4) is 0 Å². The molecule has 0 aliphatic carbocycles. The van der Waals surface area contributed by atoms with Gasteiger partial charge in [0.15, 0.2) is 0 Å². The highest BCUT2D eigenvalue weighted by molar-refractivity contribution is 7.99. The molecule has 0 fully saturated rings. The van der Waals surface area contributed by atoms with Crippen molar-refractivity contribution in [3.63, 3.8) is 0 Å². The number of benzene rings is 2. The van der Waals surface area contributed by atoms with Crippen LogP contribution in [0.15, 0.2) is 36.4 Å². The predicted molar refractivity (Wildman–Crippen MR) is 92.1 cm³/mol. The Hall–Kier alpha value is -1.52. The van der Waals surface area contributed by atoms with Crippen molar-refractivity contribution < 1.29 is 9.18 Å². The molecule has 22 heavy (non-hydrogen) atoms. The van der Waals surface area contributed by atoms with Crippen molar-refractivity contribution in [1.82, 2.24) is 0 Å². The molecule has 0 saturated carbocycles. The normalized spacial score (nSPS) is 10.5. The number of halogens is 2. The number of aryl methyl sites for hydroxylation is 2. The molecule has 116 valence electrons. The van der Waals surface area contributed by atoms with Crippen LogP contribution in [0.2, 0.25) is 5.02 Å². The number of carbonyl (C=O) groups excluding carboxylic acids is 1. The Morgan fingerprint density at radius 3 is 2.55 bits per heavy atom. The van der Waals surface area contributed by atoms with Gasteiger partial charge in [-0.05, 0) is 37.6 Å². The maximum atomic E-state index is 13.5. The number of hydrogen-bond acceptors (Lipinski definition) is 2. The van der Waals surface area contributed by atoms with Gasteiger partial charge in [-0.2, -0.15) is 0 Å². The van der Waals surface area contributed by atoms with E-state index in [0.29, 0.717) is 5.02 Å². The second kappa shape index (κ2) is 7.65. The lowest BCUT2D eigenvalue weighted by molar-refractivity contribution is -0.113. The molecular weight excluding hydrogens is 321 g/mol. The standard InChI is InChI=1S/C17H17ClFNOS/c1-11-5-12(2)7-13(6-11)9-22-10-17(21)20-16-8-14(18)3-4-15(16)19/h3-8H,9-10H2,1-2H3,(H,20,21). The van der Waals surface area contributed by atoms with Gasteiger partial charge in [-0.3, -0.25) is 4.79 Å². The molecule has 0 aliphatic rings. The van der Waals surface area contributed by atoms with Crippen LogP contribution in [0.1, 0.15) is 16.7 Å². The molecule has 2 rings (SSSR count). The third-order valence-electron chi connectivity index (χ3n) is 2.99. The summed E-state index contributed by atoms with van der Waals surface area (Å²) >= 11 is 7.28. The van der Waals surface area contributed by atoms with E-state index < -0.39 is 5.82 Å². The summed E-state index contributed by atoms with van der Waals surface area (Å²) in [5.74, 6) is 0.278. The predicted octanol–water partition coefficient (Wildman–Crippen LogP) is 4.97. The molecule has 0 saturated heterocycles. The van der Waals surface area contributed by atoms with E-state index in [2.05, 4.69) is 37.4 Å². The van der Waals surface area contributed by atoms with Gasteiger partial charge in [0, 0.05) is 10.8 Å². The van der Waals surface area contributed by atoms with E-state index >= 15 is 0 Å². The van der Waals surface area contributed by atoms with Crippen LogP contribution < -0.4 is 5.32 Å². The zero-order chi connectivity index (χ0) is 16.1. The topological polar surface area (TPSA) is 29.1 Å². The van der Waals surface area contributed by atoms with E-state index in [1.165, 1.54) is 46.7 Å². The Morgan fingerprint density at radius 2 is 1.86 bits per heavy atom. The molecule has 2 aromatic rings. The zero-order valence-corrected chi connectivity index (χ0v) is 14.0. The summed E-state index contributed by atoms with van der Waals surface area (Å²) in [4.78, 5) is 11.9. The van der Waals surface area contributed by atoms with Gasteiger partial charge in [-0.25, -0.2) is 4.39 Å². The van der Waals surface area contributed by atoms with Gasteiger partial charge in [0.2, 0.25) is 5.91 Å². The number of hydrogen-bond donors (Lipinski definition) is 1. The summed E-state index contributed by atoms with van der Waals surface area (Å²) in [7, 11) is 0. The Bertz CT molecular complexity index is 670. The van der Waals surface area contributed by atoms with Crippen LogP contribution in [0.4, 0.5) is 10.1 Å². The van der Waals surface area contributed by atoms with Gasteiger partial charge in [-0.1, -0.05) is 40.9 Å². The zero-order valence-electron chi connectivity index (χ0n) is 12.5. The molecule has 5 heteroatoms. The molecule has 1 N–H and O–H groups in total. The number of rotatable bonds is 5. The van der Waals surface area contributed by atoms with Crippen molar-refractivity contribution in [2.24, 2.45) is 0 Å². The van der Waals surface area contributed by atoms with Crippen LogP contribution in [0.3, 0.4) is 0 Å². The minimum absolute atomic E-state index is 0.115. The van der Waals surface area contributed by atoms with Crippen molar-refractivity contribution >= 4 is 35.0 Å². The third kappa shape index (κ3) is 5.04. The maximum absolute atomic E-state index is 13.5. The second-order valence-electron chi connectivity index (χ2n) is 5.16. The molecule has 0 aromatic heterocycles. The van der Waals surface area contributed by atoms with Crippen molar-refractivity contribution in [2.75, 3.05) is 11.1 Å². The van der Waals surface area contributed by atoms with Crippen LogP contribution in [0, 0.1) is 19.7 Å².